The van der Waals surface area contributed by atoms with Crippen molar-refractivity contribution in [2.24, 2.45) is 23.2 Å². The summed E-state index contributed by atoms with van der Waals surface area (Å²) < 4.78 is 5.49. The van der Waals surface area contributed by atoms with Gasteiger partial charge in [0.2, 0.25) is 11.8 Å². The van der Waals surface area contributed by atoms with E-state index in [0.29, 0.717) is 47.8 Å². The molecule has 2 fully saturated rings. The molecule has 0 radical (unpaired) electrons. The van der Waals surface area contributed by atoms with E-state index in [2.05, 4.69) is 22.8 Å². The highest BCUT2D eigenvalue weighted by Crippen LogP contribution is 2.69. The van der Waals surface area contributed by atoms with Crippen molar-refractivity contribution in [2.45, 2.75) is 32.6 Å². The number of anilines is 1. The lowest BCUT2D eigenvalue weighted by molar-refractivity contribution is -0.126. The number of rotatable bonds is 7. The molecule has 2 amide bonds. The van der Waals surface area contributed by atoms with Crippen molar-refractivity contribution in [2.75, 3.05) is 18.5 Å². The molecule has 2 bridgehead atoms. The molecule has 3 atom stereocenters. The number of hydrogen-bond acceptors (Lipinski definition) is 3. The van der Waals surface area contributed by atoms with E-state index < -0.39 is 0 Å². The number of nitrogens with one attached hydrogen (secondary N) is 2. The number of para-hydroxylation sites is 2. The van der Waals surface area contributed by atoms with E-state index in [9.17, 15) is 9.59 Å². The van der Waals surface area contributed by atoms with Gasteiger partial charge in [0.05, 0.1) is 12.3 Å². The third-order valence-corrected chi connectivity index (χ3v) is 6.19. The molecule has 1 aromatic carbocycles. The zero-order valence-corrected chi connectivity index (χ0v) is 15.2. The van der Waals surface area contributed by atoms with Gasteiger partial charge in [0.25, 0.3) is 0 Å². The molecular formula is C21H26N2O3. The number of ether oxygens (including phenoxy) is 1. The van der Waals surface area contributed by atoms with Crippen LogP contribution in [0.25, 0.3) is 0 Å². The molecule has 1 aromatic rings. The van der Waals surface area contributed by atoms with Crippen molar-refractivity contribution in [1.82, 2.24) is 5.32 Å². The molecule has 0 saturated heterocycles. The first kappa shape index (κ1) is 17.1. The van der Waals surface area contributed by atoms with Gasteiger partial charge >= 0.3 is 0 Å². The Morgan fingerprint density at radius 2 is 2.00 bits per heavy atom. The summed E-state index contributed by atoms with van der Waals surface area (Å²) in [4.78, 5) is 24.4. The summed E-state index contributed by atoms with van der Waals surface area (Å²) in [6, 6.07) is 7.26. The number of carbonyl (C=O) groups excluding carboxylic acids is 2. The lowest BCUT2D eigenvalue weighted by Crippen LogP contribution is -2.33. The molecule has 138 valence electrons. The molecule has 3 aliphatic carbocycles. The summed E-state index contributed by atoms with van der Waals surface area (Å²) in [6.45, 7) is 3.09. The SMILES string of the molecule is CCOc1ccccc1NC(=O)CC(=O)NC[C@H]1C[C@H]2C=C[C@H]1C21CC1. The summed E-state index contributed by atoms with van der Waals surface area (Å²) >= 11 is 0. The van der Waals surface area contributed by atoms with Gasteiger partial charge in [-0.15, -0.1) is 0 Å². The minimum absolute atomic E-state index is 0.164. The summed E-state index contributed by atoms with van der Waals surface area (Å²) in [5.41, 5.74) is 1.14. The molecule has 5 nitrogen and oxygen atoms in total. The molecule has 5 heteroatoms. The predicted molar refractivity (Wildman–Crippen MR) is 99.8 cm³/mol. The maximum Gasteiger partial charge on any atom is 0.233 e. The normalized spacial score (nSPS) is 26.7. The molecular weight excluding hydrogens is 328 g/mol. The maximum atomic E-state index is 12.2. The molecule has 1 spiro atoms. The predicted octanol–water partition coefficient (Wildman–Crippen LogP) is 3.13. The van der Waals surface area contributed by atoms with E-state index in [4.69, 9.17) is 4.74 Å². The highest BCUT2D eigenvalue weighted by Gasteiger charge is 2.62. The van der Waals surface area contributed by atoms with Crippen LogP contribution in [0.15, 0.2) is 36.4 Å². The van der Waals surface area contributed by atoms with E-state index in [1.165, 1.54) is 19.3 Å². The molecule has 2 saturated carbocycles. The topological polar surface area (TPSA) is 67.4 Å². The quantitative estimate of drug-likeness (QED) is 0.584. The Kier molecular flexibility index (Phi) is 4.47. The number of benzene rings is 1. The fraction of sp³-hybridized carbons (Fsp3) is 0.524. The van der Waals surface area contributed by atoms with Gasteiger partial charge in [-0.1, -0.05) is 24.3 Å². The Balaban J connectivity index is 1.25. The van der Waals surface area contributed by atoms with Gasteiger partial charge in [0, 0.05) is 6.54 Å². The Labute approximate surface area is 154 Å². The number of allylic oxidation sites excluding steroid dienone is 2. The third-order valence-electron chi connectivity index (χ3n) is 6.19. The molecule has 4 rings (SSSR count). The second kappa shape index (κ2) is 6.78. The minimum atomic E-state index is -0.318. The summed E-state index contributed by atoms with van der Waals surface area (Å²) in [5, 5.41) is 5.73. The van der Waals surface area contributed by atoms with Crippen molar-refractivity contribution in [3.8, 4) is 5.75 Å². The van der Waals surface area contributed by atoms with Gasteiger partial charge in [-0.2, -0.15) is 0 Å². The van der Waals surface area contributed by atoms with Gasteiger partial charge in [-0.3, -0.25) is 9.59 Å². The molecule has 0 heterocycles. The van der Waals surface area contributed by atoms with Crippen molar-refractivity contribution in [3.05, 3.63) is 36.4 Å². The van der Waals surface area contributed by atoms with Gasteiger partial charge < -0.3 is 15.4 Å². The average molecular weight is 354 g/mol. The van der Waals surface area contributed by atoms with Gasteiger partial charge in [-0.25, -0.2) is 0 Å². The second-order valence-corrected chi connectivity index (χ2v) is 7.70. The fourth-order valence-electron chi connectivity index (χ4n) is 4.85. The van der Waals surface area contributed by atoms with Crippen LogP contribution in [0.3, 0.4) is 0 Å². The highest BCUT2D eigenvalue weighted by molar-refractivity contribution is 6.04. The van der Waals surface area contributed by atoms with Crippen LogP contribution in [0.4, 0.5) is 5.69 Å². The van der Waals surface area contributed by atoms with E-state index in [0.717, 1.165) is 0 Å². The van der Waals surface area contributed by atoms with Gasteiger partial charge in [-0.05, 0) is 61.5 Å². The highest BCUT2D eigenvalue weighted by atomic mass is 16.5. The van der Waals surface area contributed by atoms with E-state index >= 15 is 0 Å². The molecule has 26 heavy (non-hydrogen) atoms. The summed E-state index contributed by atoms with van der Waals surface area (Å²) in [7, 11) is 0. The standard InChI is InChI=1S/C21H26N2O3/c1-2-26-18-6-4-3-5-17(18)23-20(25)12-19(24)22-13-14-11-15-7-8-16(14)21(15)9-10-21/h3-8,14-16H,2,9-13H2,1H3,(H,22,24)(H,23,25)/t14-,15-,16-/m1/s1. The molecule has 0 aliphatic heterocycles. The van der Waals surface area contributed by atoms with Gasteiger partial charge in [0.1, 0.15) is 12.2 Å². The zero-order valence-electron chi connectivity index (χ0n) is 15.2. The smallest absolute Gasteiger partial charge is 0.233 e. The Morgan fingerprint density at radius 3 is 2.73 bits per heavy atom. The van der Waals surface area contributed by atoms with E-state index in [1.807, 2.05) is 19.1 Å². The summed E-state index contributed by atoms with van der Waals surface area (Å²) in [5.74, 6) is 1.95. The van der Waals surface area contributed by atoms with Crippen molar-refractivity contribution < 1.29 is 14.3 Å². The molecule has 0 unspecified atom stereocenters. The fourth-order valence-corrected chi connectivity index (χ4v) is 4.85. The maximum absolute atomic E-state index is 12.2. The lowest BCUT2D eigenvalue weighted by atomic mass is 9.89. The largest absolute Gasteiger partial charge is 0.492 e. The Bertz CT molecular complexity index is 739. The van der Waals surface area contributed by atoms with Crippen LogP contribution < -0.4 is 15.4 Å². The van der Waals surface area contributed by atoms with Crippen LogP contribution in [0.5, 0.6) is 5.75 Å². The molecule has 2 N–H and O–H groups in total. The number of amides is 2. The van der Waals surface area contributed by atoms with Crippen LogP contribution in [0.1, 0.15) is 32.6 Å². The van der Waals surface area contributed by atoms with Gasteiger partial charge in [0.15, 0.2) is 0 Å². The van der Waals surface area contributed by atoms with E-state index in [1.54, 1.807) is 12.1 Å². The van der Waals surface area contributed by atoms with Crippen molar-refractivity contribution in [3.63, 3.8) is 0 Å². The lowest BCUT2D eigenvalue weighted by Gasteiger charge is -2.20. The first-order chi connectivity index (χ1) is 12.6. The first-order valence-corrected chi connectivity index (χ1v) is 9.59. The van der Waals surface area contributed by atoms with Crippen LogP contribution in [-0.2, 0) is 9.59 Å². The Hall–Kier alpha value is -2.30. The number of hydrogen-bond donors (Lipinski definition) is 2. The first-order valence-electron chi connectivity index (χ1n) is 9.59. The van der Waals surface area contributed by atoms with Crippen molar-refractivity contribution >= 4 is 17.5 Å². The average Bonchev–Trinajstić information content (AvgIpc) is 3.29. The van der Waals surface area contributed by atoms with Crippen LogP contribution in [0, 0.1) is 23.2 Å². The minimum Gasteiger partial charge on any atom is -0.492 e. The second-order valence-electron chi connectivity index (χ2n) is 7.70. The molecule has 3 aliphatic rings. The number of carbonyl (C=O) groups is 2. The zero-order chi connectivity index (χ0) is 18.1. The van der Waals surface area contributed by atoms with Crippen LogP contribution in [-0.4, -0.2) is 25.0 Å². The van der Waals surface area contributed by atoms with E-state index in [-0.39, 0.29) is 18.2 Å². The monoisotopic (exact) mass is 354 g/mol. The Morgan fingerprint density at radius 1 is 1.19 bits per heavy atom. The van der Waals surface area contributed by atoms with Crippen LogP contribution in [0.2, 0.25) is 0 Å². The molecule has 0 aromatic heterocycles. The van der Waals surface area contributed by atoms with Crippen LogP contribution >= 0.6 is 0 Å². The summed E-state index contributed by atoms with van der Waals surface area (Å²) in [6.07, 6.45) is 8.41. The third kappa shape index (κ3) is 3.11. The van der Waals surface area contributed by atoms with Crippen molar-refractivity contribution in [1.29, 1.82) is 0 Å².